The van der Waals surface area contributed by atoms with E-state index in [1.54, 1.807) is 0 Å². The Morgan fingerprint density at radius 2 is 1.93 bits per heavy atom. The van der Waals surface area contributed by atoms with Crippen molar-refractivity contribution in [3.8, 4) is 11.3 Å². The van der Waals surface area contributed by atoms with Crippen LogP contribution in [0.25, 0.3) is 11.3 Å². The predicted molar refractivity (Wildman–Crippen MR) is 115 cm³/mol. The second-order valence-electron chi connectivity index (χ2n) is 7.14. The van der Waals surface area contributed by atoms with Gasteiger partial charge in [-0.05, 0) is 62.1 Å². The van der Waals surface area contributed by atoms with Crippen molar-refractivity contribution in [3.63, 3.8) is 0 Å². The van der Waals surface area contributed by atoms with Gasteiger partial charge in [0.05, 0.1) is 11.4 Å². The fourth-order valence-corrected chi connectivity index (χ4v) is 4.25. The molecule has 0 spiro atoms. The molecular weight excluding hydrogens is 366 g/mol. The number of carbonyl (C=O) groups excluding carboxylic acids is 1. The summed E-state index contributed by atoms with van der Waals surface area (Å²) in [7, 11) is 0. The maximum Gasteiger partial charge on any atom is 0.237 e. The highest BCUT2D eigenvalue weighted by Crippen LogP contribution is 2.28. The summed E-state index contributed by atoms with van der Waals surface area (Å²) in [4.78, 5) is 14.7. The van der Waals surface area contributed by atoms with Crippen LogP contribution >= 0.6 is 11.8 Å². The molecule has 2 aromatic carbocycles. The maximum atomic E-state index is 12.8. The van der Waals surface area contributed by atoms with Crippen molar-refractivity contribution in [1.82, 2.24) is 10.2 Å². The third kappa shape index (κ3) is 3.94. The lowest BCUT2D eigenvalue weighted by Crippen LogP contribution is -2.36. The van der Waals surface area contributed by atoms with Gasteiger partial charge < -0.3 is 4.90 Å². The van der Waals surface area contributed by atoms with Gasteiger partial charge in [-0.15, -0.1) is 10.2 Å². The molecule has 2 heterocycles. The van der Waals surface area contributed by atoms with Gasteiger partial charge >= 0.3 is 0 Å². The first kappa shape index (κ1) is 18.7. The second kappa shape index (κ2) is 8.15. The van der Waals surface area contributed by atoms with Crippen LogP contribution in [-0.2, 0) is 11.2 Å². The van der Waals surface area contributed by atoms with Crippen LogP contribution < -0.4 is 4.90 Å². The number of benzene rings is 2. The summed E-state index contributed by atoms with van der Waals surface area (Å²) in [5.41, 5.74) is 6.65. The number of hydrogen-bond acceptors (Lipinski definition) is 4. The molecule has 142 valence electrons. The van der Waals surface area contributed by atoms with Gasteiger partial charge in [0.1, 0.15) is 5.03 Å². The Labute approximate surface area is 170 Å². The topological polar surface area (TPSA) is 46.1 Å². The third-order valence-electron chi connectivity index (χ3n) is 5.06. The average molecular weight is 390 g/mol. The van der Waals surface area contributed by atoms with Crippen LogP contribution in [0.2, 0.25) is 0 Å². The summed E-state index contributed by atoms with van der Waals surface area (Å²) in [6.45, 7) is 4.94. The largest absolute Gasteiger partial charge is 0.311 e. The molecule has 5 heteroatoms. The van der Waals surface area contributed by atoms with Crippen molar-refractivity contribution in [1.29, 1.82) is 0 Å². The summed E-state index contributed by atoms with van der Waals surface area (Å²) in [5, 5.41) is 9.48. The zero-order valence-electron chi connectivity index (χ0n) is 16.2. The van der Waals surface area contributed by atoms with Crippen molar-refractivity contribution >= 4 is 23.4 Å². The summed E-state index contributed by atoms with van der Waals surface area (Å²) < 4.78 is 0. The molecule has 0 N–H and O–H groups in total. The van der Waals surface area contributed by atoms with Crippen LogP contribution in [0.4, 0.5) is 5.69 Å². The second-order valence-corrected chi connectivity index (χ2v) is 8.14. The van der Waals surface area contributed by atoms with E-state index >= 15 is 0 Å². The molecule has 3 aromatic rings. The number of aromatic nitrogens is 2. The Hall–Kier alpha value is -2.66. The number of thioether (sulfide) groups is 1. The Kier molecular flexibility index (Phi) is 5.44. The van der Waals surface area contributed by atoms with Crippen molar-refractivity contribution in [2.24, 2.45) is 0 Å². The number of rotatable bonds is 4. The normalized spacial score (nSPS) is 13.3. The van der Waals surface area contributed by atoms with E-state index in [1.807, 2.05) is 35.2 Å². The molecule has 1 amide bonds. The fourth-order valence-electron chi connectivity index (χ4n) is 3.56. The summed E-state index contributed by atoms with van der Waals surface area (Å²) in [6, 6.07) is 18.4. The van der Waals surface area contributed by atoms with E-state index < -0.39 is 0 Å². The zero-order valence-corrected chi connectivity index (χ0v) is 17.0. The Balaban J connectivity index is 1.43. The molecule has 0 aliphatic carbocycles. The van der Waals surface area contributed by atoms with Crippen molar-refractivity contribution in [2.45, 2.75) is 31.7 Å². The number of amides is 1. The lowest BCUT2D eigenvalue weighted by atomic mass is 10.0. The van der Waals surface area contributed by atoms with E-state index in [-0.39, 0.29) is 5.91 Å². The van der Waals surface area contributed by atoms with E-state index in [9.17, 15) is 4.79 Å². The molecule has 4 nitrogen and oxygen atoms in total. The van der Waals surface area contributed by atoms with Gasteiger partial charge in [-0.1, -0.05) is 47.7 Å². The SMILES string of the molecule is Cc1ccc(C)c(-c2ccc(SCC(=O)N3CCCc4ccccc43)nn2)c1. The Bertz CT molecular complexity index is 1000. The number of carbonyl (C=O) groups is 1. The minimum atomic E-state index is 0.123. The van der Waals surface area contributed by atoms with Crippen molar-refractivity contribution in [2.75, 3.05) is 17.2 Å². The fraction of sp³-hybridized carbons (Fsp3) is 0.261. The minimum Gasteiger partial charge on any atom is -0.311 e. The van der Waals surface area contributed by atoms with Crippen LogP contribution in [0.5, 0.6) is 0 Å². The van der Waals surface area contributed by atoms with Crippen LogP contribution in [0.3, 0.4) is 0 Å². The molecule has 0 unspecified atom stereocenters. The predicted octanol–water partition coefficient (Wildman–Crippen LogP) is 4.83. The highest BCUT2D eigenvalue weighted by atomic mass is 32.2. The third-order valence-corrected chi connectivity index (χ3v) is 5.97. The van der Waals surface area contributed by atoms with Crippen LogP contribution in [-0.4, -0.2) is 28.4 Å². The molecule has 0 saturated heterocycles. The molecule has 0 fully saturated rings. The van der Waals surface area contributed by atoms with E-state index in [0.29, 0.717) is 5.75 Å². The van der Waals surface area contributed by atoms with E-state index in [2.05, 4.69) is 48.3 Å². The Morgan fingerprint density at radius 1 is 1.07 bits per heavy atom. The zero-order chi connectivity index (χ0) is 19.5. The van der Waals surface area contributed by atoms with Gasteiger partial charge in [0.15, 0.2) is 0 Å². The molecule has 0 radical (unpaired) electrons. The Morgan fingerprint density at radius 3 is 2.75 bits per heavy atom. The van der Waals surface area contributed by atoms with Gasteiger partial charge in [-0.3, -0.25) is 4.79 Å². The number of nitrogens with zero attached hydrogens (tertiary/aromatic N) is 3. The summed E-state index contributed by atoms with van der Waals surface area (Å²) >= 11 is 1.44. The molecular formula is C23H23N3OS. The molecule has 28 heavy (non-hydrogen) atoms. The molecule has 0 atom stereocenters. The van der Waals surface area contributed by atoms with Gasteiger partial charge in [0, 0.05) is 17.8 Å². The highest BCUT2D eigenvalue weighted by molar-refractivity contribution is 7.99. The van der Waals surface area contributed by atoms with Gasteiger partial charge in [-0.2, -0.15) is 0 Å². The molecule has 4 rings (SSSR count). The molecule has 1 aliphatic heterocycles. The van der Waals surface area contributed by atoms with Gasteiger partial charge in [0.2, 0.25) is 5.91 Å². The van der Waals surface area contributed by atoms with Crippen molar-refractivity contribution < 1.29 is 4.79 Å². The first-order valence-corrected chi connectivity index (χ1v) is 10.5. The van der Waals surface area contributed by atoms with E-state index in [1.165, 1.54) is 28.5 Å². The first-order chi connectivity index (χ1) is 13.6. The van der Waals surface area contributed by atoms with Gasteiger partial charge in [0.25, 0.3) is 0 Å². The lowest BCUT2D eigenvalue weighted by molar-refractivity contribution is -0.116. The first-order valence-electron chi connectivity index (χ1n) is 9.54. The highest BCUT2D eigenvalue weighted by Gasteiger charge is 2.22. The molecule has 0 saturated carbocycles. The van der Waals surface area contributed by atoms with Crippen LogP contribution in [0.15, 0.2) is 59.6 Å². The van der Waals surface area contributed by atoms with Crippen molar-refractivity contribution in [3.05, 3.63) is 71.3 Å². The maximum absolute atomic E-state index is 12.8. The molecule has 0 bridgehead atoms. The van der Waals surface area contributed by atoms with Crippen LogP contribution in [0.1, 0.15) is 23.1 Å². The summed E-state index contributed by atoms with van der Waals surface area (Å²) in [5.74, 6) is 0.490. The minimum absolute atomic E-state index is 0.123. The number of aryl methyl sites for hydroxylation is 3. The molecule has 1 aliphatic rings. The number of para-hydroxylation sites is 1. The monoisotopic (exact) mass is 389 g/mol. The lowest BCUT2D eigenvalue weighted by Gasteiger charge is -2.29. The quantitative estimate of drug-likeness (QED) is 0.600. The summed E-state index contributed by atoms with van der Waals surface area (Å²) in [6.07, 6.45) is 2.05. The number of hydrogen-bond donors (Lipinski definition) is 0. The molecule has 1 aromatic heterocycles. The number of fused-ring (bicyclic) bond motifs is 1. The van der Waals surface area contributed by atoms with E-state index in [0.717, 1.165) is 41.4 Å². The smallest absolute Gasteiger partial charge is 0.237 e. The average Bonchev–Trinajstić information content (AvgIpc) is 2.74. The van der Waals surface area contributed by atoms with Gasteiger partial charge in [-0.25, -0.2) is 0 Å². The number of anilines is 1. The van der Waals surface area contributed by atoms with E-state index in [4.69, 9.17) is 0 Å². The van der Waals surface area contributed by atoms with Crippen LogP contribution in [0, 0.1) is 13.8 Å². The standard InChI is InChI=1S/C23H23N3OS/c1-16-9-10-17(2)19(14-16)20-11-12-22(25-24-20)28-15-23(27)26-13-5-7-18-6-3-4-8-21(18)26/h3-4,6,8-12,14H,5,7,13,15H2,1-2H3.